The van der Waals surface area contributed by atoms with E-state index < -0.39 is 16.0 Å². The van der Waals surface area contributed by atoms with Gasteiger partial charge in [0.15, 0.2) is 0 Å². The summed E-state index contributed by atoms with van der Waals surface area (Å²) in [6.07, 6.45) is 0.406. The third-order valence-corrected chi connectivity index (χ3v) is 5.31. The first-order valence-electron chi connectivity index (χ1n) is 7.94. The lowest BCUT2D eigenvalue weighted by Crippen LogP contribution is -2.18. The van der Waals surface area contributed by atoms with Gasteiger partial charge in [-0.3, -0.25) is 4.57 Å². The van der Waals surface area contributed by atoms with Crippen molar-refractivity contribution in [1.29, 1.82) is 0 Å². The first-order chi connectivity index (χ1) is 12.8. The van der Waals surface area contributed by atoms with Crippen LogP contribution in [0.4, 0.5) is 0 Å². The molecule has 27 heavy (non-hydrogen) atoms. The third kappa shape index (κ3) is 4.21. The van der Waals surface area contributed by atoms with E-state index in [2.05, 4.69) is 4.98 Å². The molecule has 0 fully saturated rings. The van der Waals surface area contributed by atoms with E-state index in [0.29, 0.717) is 13.0 Å². The highest BCUT2D eigenvalue weighted by Gasteiger charge is 2.17. The number of imidazole rings is 1. The topological polar surface area (TPSA) is 124 Å². The molecule has 3 N–H and O–H groups in total. The normalized spacial score (nSPS) is 11.6. The van der Waals surface area contributed by atoms with E-state index in [1.807, 2.05) is 18.2 Å². The summed E-state index contributed by atoms with van der Waals surface area (Å²) in [4.78, 5) is 26.5. The number of aromatic nitrogens is 2. The van der Waals surface area contributed by atoms with Crippen LogP contribution in [0.1, 0.15) is 16.8 Å². The van der Waals surface area contributed by atoms with E-state index in [0.717, 1.165) is 17.1 Å². The maximum Gasteiger partial charge on any atom is 0.338 e. The minimum Gasteiger partial charge on any atom is -0.462 e. The summed E-state index contributed by atoms with van der Waals surface area (Å²) in [6, 6.07) is 11.0. The molecule has 10 heteroatoms. The van der Waals surface area contributed by atoms with Crippen molar-refractivity contribution >= 4 is 38.6 Å². The number of para-hydroxylation sites is 2. The Labute approximate surface area is 159 Å². The van der Waals surface area contributed by atoms with Crippen LogP contribution in [0.2, 0.25) is 5.02 Å². The molecule has 0 aliphatic rings. The number of carbonyl (C=O) groups is 1. The molecule has 142 valence electrons. The van der Waals surface area contributed by atoms with Crippen LogP contribution in [0.25, 0.3) is 11.0 Å². The monoisotopic (exact) mass is 409 g/mol. The van der Waals surface area contributed by atoms with Gasteiger partial charge in [-0.05, 0) is 36.8 Å². The highest BCUT2D eigenvalue weighted by atomic mass is 35.5. The minimum absolute atomic E-state index is 0.0210. The molecule has 3 aromatic rings. The van der Waals surface area contributed by atoms with E-state index in [9.17, 15) is 18.0 Å². The van der Waals surface area contributed by atoms with Gasteiger partial charge in [0.05, 0.1) is 28.2 Å². The molecule has 0 spiro atoms. The number of carbonyl (C=O) groups excluding carboxylic acids is 1. The van der Waals surface area contributed by atoms with Crippen LogP contribution < -0.4 is 10.8 Å². The number of H-pyrrole nitrogens is 1. The van der Waals surface area contributed by atoms with Crippen molar-refractivity contribution in [3.05, 3.63) is 63.5 Å². The molecule has 8 nitrogen and oxygen atoms in total. The molecule has 0 radical (unpaired) electrons. The van der Waals surface area contributed by atoms with Crippen molar-refractivity contribution in [3.63, 3.8) is 0 Å². The number of sulfonamides is 1. The number of aryl methyl sites for hydroxylation is 1. The van der Waals surface area contributed by atoms with Gasteiger partial charge in [-0.15, -0.1) is 0 Å². The molecule has 2 aromatic carbocycles. The Morgan fingerprint density at radius 2 is 1.96 bits per heavy atom. The van der Waals surface area contributed by atoms with Gasteiger partial charge < -0.3 is 9.72 Å². The van der Waals surface area contributed by atoms with E-state index in [4.69, 9.17) is 21.5 Å². The fraction of sp³-hybridized carbons (Fsp3) is 0.176. The van der Waals surface area contributed by atoms with E-state index in [1.165, 1.54) is 12.1 Å². The van der Waals surface area contributed by atoms with Crippen LogP contribution in [-0.4, -0.2) is 30.5 Å². The Bertz CT molecular complexity index is 1170. The Hall–Kier alpha value is -2.62. The summed E-state index contributed by atoms with van der Waals surface area (Å²) in [5.41, 5.74) is 1.28. The third-order valence-electron chi connectivity index (χ3n) is 3.91. The van der Waals surface area contributed by atoms with Crippen molar-refractivity contribution in [2.75, 3.05) is 6.61 Å². The number of primary sulfonamides is 1. The molecule has 1 heterocycles. The van der Waals surface area contributed by atoms with E-state index in [1.54, 1.807) is 10.6 Å². The quantitative estimate of drug-likeness (QED) is 0.475. The summed E-state index contributed by atoms with van der Waals surface area (Å²) < 4.78 is 29.6. The van der Waals surface area contributed by atoms with Crippen molar-refractivity contribution in [2.24, 2.45) is 5.14 Å². The molecule has 0 atom stereocenters. The summed E-state index contributed by atoms with van der Waals surface area (Å²) in [6.45, 7) is 0.414. The smallest absolute Gasteiger partial charge is 0.338 e. The van der Waals surface area contributed by atoms with E-state index in [-0.39, 0.29) is 27.8 Å². The minimum atomic E-state index is -4.05. The van der Waals surface area contributed by atoms with Gasteiger partial charge >= 0.3 is 11.7 Å². The molecule has 3 rings (SSSR count). The van der Waals surface area contributed by atoms with Crippen molar-refractivity contribution in [3.8, 4) is 0 Å². The summed E-state index contributed by atoms with van der Waals surface area (Å²) in [5, 5.41) is 4.99. The van der Waals surface area contributed by atoms with Crippen LogP contribution in [0, 0.1) is 0 Å². The molecule has 0 saturated heterocycles. The fourth-order valence-electron chi connectivity index (χ4n) is 2.65. The predicted molar refractivity (Wildman–Crippen MR) is 100 cm³/mol. The SMILES string of the molecule is NS(=O)(=O)c1cc(C(=O)OCCCn2c(=O)[nH]c3ccccc32)ccc1Cl. The zero-order chi connectivity index (χ0) is 19.6. The van der Waals surface area contributed by atoms with Gasteiger partial charge in [0.25, 0.3) is 0 Å². The highest BCUT2D eigenvalue weighted by Crippen LogP contribution is 2.22. The lowest BCUT2D eigenvalue weighted by molar-refractivity contribution is 0.0496. The number of rotatable bonds is 6. The number of esters is 1. The fourth-order valence-corrected chi connectivity index (χ4v) is 3.72. The van der Waals surface area contributed by atoms with Crippen LogP contribution in [0.3, 0.4) is 0 Å². The van der Waals surface area contributed by atoms with Gasteiger partial charge in [-0.25, -0.2) is 23.1 Å². The number of nitrogens with zero attached hydrogens (tertiary/aromatic N) is 1. The largest absolute Gasteiger partial charge is 0.462 e. The lowest BCUT2D eigenvalue weighted by atomic mass is 10.2. The first-order valence-corrected chi connectivity index (χ1v) is 9.87. The second kappa shape index (κ2) is 7.55. The molecular formula is C17H16ClN3O5S. The molecule has 0 saturated carbocycles. The average molecular weight is 410 g/mol. The van der Waals surface area contributed by atoms with Gasteiger partial charge in [0.2, 0.25) is 10.0 Å². The Balaban J connectivity index is 1.63. The second-order valence-corrected chi connectivity index (χ2v) is 7.72. The molecule has 0 aliphatic carbocycles. The van der Waals surface area contributed by atoms with Gasteiger partial charge in [-0.1, -0.05) is 23.7 Å². The van der Waals surface area contributed by atoms with Crippen LogP contribution in [-0.2, 0) is 21.3 Å². The average Bonchev–Trinajstić information content (AvgIpc) is 2.93. The molecule has 0 unspecified atom stereocenters. The number of benzene rings is 2. The molecule has 0 bridgehead atoms. The van der Waals surface area contributed by atoms with Gasteiger partial charge in [0, 0.05) is 6.54 Å². The van der Waals surface area contributed by atoms with Crippen molar-refractivity contribution in [1.82, 2.24) is 9.55 Å². The van der Waals surface area contributed by atoms with Crippen LogP contribution in [0.5, 0.6) is 0 Å². The standard InChI is InChI=1S/C17H16ClN3O5S/c18-12-7-6-11(10-15(12)27(19,24)25)16(22)26-9-3-8-21-14-5-2-1-4-13(14)20-17(21)23/h1-2,4-7,10H,3,8-9H2,(H,20,23)(H2,19,24,25). The molecule has 0 aliphatic heterocycles. The predicted octanol–water partition coefficient (Wildman–Crippen LogP) is 1.88. The number of hydrogen-bond donors (Lipinski definition) is 2. The molecule has 0 amide bonds. The van der Waals surface area contributed by atoms with Gasteiger partial charge in [0.1, 0.15) is 4.90 Å². The number of nitrogens with two attached hydrogens (primary N) is 1. The summed E-state index contributed by atoms with van der Waals surface area (Å²) >= 11 is 5.79. The number of nitrogens with one attached hydrogen (secondary N) is 1. The summed E-state index contributed by atoms with van der Waals surface area (Å²) in [5.74, 6) is -0.706. The molecule has 1 aromatic heterocycles. The number of aromatic amines is 1. The van der Waals surface area contributed by atoms with Crippen LogP contribution >= 0.6 is 11.6 Å². The molecular weight excluding hydrogens is 394 g/mol. The van der Waals surface area contributed by atoms with Crippen molar-refractivity contribution in [2.45, 2.75) is 17.9 Å². The first kappa shape index (κ1) is 19.2. The van der Waals surface area contributed by atoms with Gasteiger partial charge in [-0.2, -0.15) is 0 Å². The lowest BCUT2D eigenvalue weighted by Gasteiger charge is -2.08. The Morgan fingerprint density at radius 3 is 2.70 bits per heavy atom. The summed E-state index contributed by atoms with van der Waals surface area (Å²) in [7, 11) is -4.05. The number of halogens is 1. The number of hydrogen-bond acceptors (Lipinski definition) is 5. The van der Waals surface area contributed by atoms with Crippen molar-refractivity contribution < 1.29 is 17.9 Å². The second-order valence-electron chi connectivity index (χ2n) is 5.78. The maximum atomic E-state index is 12.1. The number of ether oxygens (including phenoxy) is 1. The Kier molecular flexibility index (Phi) is 5.36. The zero-order valence-electron chi connectivity index (χ0n) is 14.0. The Morgan fingerprint density at radius 1 is 1.22 bits per heavy atom. The van der Waals surface area contributed by atoms with Crippen LogP contribution in [0.15, 0.2) is 52.2 Å². The number of fused-ring (bicyclic) bond motifs is 1. The van der Waals surface area contributed by atoms with E-state index >= 15 is 0 Å². The maximum absolute atomic E-state index is 12.1. The highest BCUT2D eigenvalue weighted by molar-refractivity contribution is 7.89. The zero-order valence-corrected chi connectivity index (χ0v) is 15.6.